The highest BCUT2D eigenvalue weighted by atomic mass is 19.1. The van der Waals surface area contributed by atoms with Gasteiger partial charge in [0.25, 0.3) is 0 Å². The molecule has 2 heterocycles. The average Bonchev–Trinajstić information content (AvgIpc) is 3.03. The van der Waals surface area contributed by atoms with Crippen LogP contribution in [0.1, 0.15) is 5.69 Å². The second kappa shape index (κ2) is 6.89. The molecular formula is C16H18FN3O3. The number of aromatic nitrogens is 1. The van der Waals surface area contributed by atoms with Crippen molar-refractivity contribution in [2.45, 2.75) is 6.54 Å². The molecular weight excluding hydrogens is 301 g/mol. The van der Waals surface area contributed by atoms with E-state index in [1.165, 1.54) is 12.1 Å². The van der Waals surface area contributed by atoms with Gasteiger partial charge >= 0.3 is 0 Å². The number of halogens is 1. The van der Waals surface area contributed by atoms with Gasteiger partial charge in [-0.05, 0) is 18.2 Å². The molecule has 0 unspecified atom stereocenters. The fourth-order valence-corrected chi connectivity index (χ4v) is 2.62. The summed E-state index contributed by atoms with van der Waals surface area (Å²) in [5.74, 6) is -0.167. The van der Waals surface area contributed by atoms with Gasteiger partial charge < -0.3 is 14.4 Å². The van der Waals surface area contributed by atoms with Crippen LogP contribution in [0.15, 0.2) is 34.9 Å². The van der Waals surface area contributed by atoms with Crippen LogP contribution in [0.5, 0.6) is 0 Å². The molecule has 1 aliphatic rings. The van der Waals surface area contributed by atoms with Crippen LogP contribution in [-0.2, 0) is 11.3 Å². The van der Waals surface area contributed by atoms with Gasteiger partial charge in [0.05, 0.1) is 5.69 Å². The van der Waals surface area contributed by atoms with E-state index in [1.807, 2.05) is 0 Å². The third-order valence-corrected chi connectivity index (χ3v) is 3.87. The zero-order chi connectivity index (χ0) is 16.2. The molecule has 1 aromatic heterocycles. The van der Waals surface area contributed by atoms with Gasteiger partial charge in [-0.3, -0.25) is 9.69 Å². The number of hydrogen-bond acceptors (Lipinski definition) is 5. The van der Waals surface area contributed by atoms with E-state index >= 15 is 0 Å². The number of aliphatic hydroxyl groups is 1. The lowest BCUT2D eigenvalue weighted by molar-refractivity contribution is -0.136. The predicted molar refractivity (Wildman–Crippen MR) is 80.8 cm³/mol. The van der Waals surface area contributed by atoms with Crippen LogP contribution in [0.3, 0.4) is 0 Å². The first kappa shape index (κ1) is 15.6. The van der Waals surface area contributed by atoms with Gasteiger partial charge in [0, 0.05) is 38.3 Å². The second-order valence-electron chi connectivity index (χ2n) is 5.47. The Kier molecular flexibility index (Phi) is 4.68. The normalized spacial score (nSPS) is 15.8. The molecule has 1 aromatic carbocycles. The third-order valence-electron chi connectivity index (χ3n) is 3.87. The molecule has 23 heavy (non-hydrogen) atoms. The second-order valence-corrected chi connectivity index (χ2v) is 5.47. The first-order valence-corrected chi connectivity index (χ1v) is 7.47. The molecule has 6 nitrogen and oxygen atoms in total. The highest BCUT2D eigenvalue weighted by Crippen LogP contribution is 2.20. The topological polar surface area (TPSA) is 69.8 Å². The lowest BCUT2D eigenvalue weighted by atomic mass is 10.2. The number of amides is 1. The highest BCUT2D eigenvalue weighted by Gasteiger charge is 2.21. The number of hydrogen-bond donors (Lipinski definition) is 1. The minimum atomic E-state index is -0.444. The van der Waals surface area contributed by atoms with Crippen molar-refractivity contribution < 1.29 is 18.7 Å². The van der Waals surface area contributed by atoms with E-state index < -0.39 is 6.61 Å². The molecule has 1 amide bonds. The molecule has 0 saturated carbocycles. The number of aliphatic hydroxyl groups excluding tert-OH is 1. The largest absolute Gasteiger partial charge is 0.444 e. The molecule has 3 rings (SSSR count). The van der Waals surface area contributed by atoms with Crippen LogP contribution in [0.4, 0.5) is 4.39 Å². The summed E-state index contributed by atoms with van der Waals surface area (Å²) in [6, 6.07) is 6.12. The Morgan fingerprint density at radius 3 is 2.78 bits per heavy atom. The summed E-state index contributed by atoms with van der Waals surface area (Å²) in [6.07, 6.45) is 1.57. The van der Waals surface area contributed by atoms with Gasteiger partial charge in [0.1, 0.15) is 18.7 Å². The van der Waals surface area contributed by atoms with Gasteiger partial charge in [-0.1, -0.05) is 6.07 Å². The molecule has 1 N–H and O–H groups in total. The Bertz CT molecular complexity index is 681. The number of oxazole rings is 1. The first-order valence-electron chi connectivity index (χ1n) is 7.47. The quantitative estimate of drug-likeness (QED) is 0.914. The zero-order valence-corrected chi connectivity index (χ0v) is 12.6. The molecule has 0 radical (unpaired) electrons. The Hall–Kier alpha value is -2.25. The maximum Gasteiger partial charge on any atom is 0.248 e. The summed E-state index contributed by atoms with van der Waals surface area (Å²) in [7, 11) is 0. The summed E-state index contributed by atoms with van der Waals surface area (Å²) < 4.78 is 18.7. The fraction of sp³-hybridized carbons (Fsp3) is 0.375. The van der Waals surface area contributed by atoms with Crippen molar-refractivity contribution in [2.75, 3.05) is 32.8 Å². The van der Waals surface area contributed by atoms with Crippen molar-refractivity contribution >= 4 is 5.91 Å². The number of piperazine rings is 1. The van der Waals surface area contributed by atoms with Crippen LogP contribution < -0.4 is 0 Å². The fourth-order valence-electron chi connectivity index (χ4n) is 2.62. The maximum atomic E-state index is 13.2. The minimum Gasteiger partial charge on any atom is -0.444 e. The third kappa shape index (κ3) is 3.75. The van der Waals surface area contributed by atoms with E-state index in [9.17, 15) is 9.18 Å². The molecule has 7 heteroatoms. The minimum absolute atomic E-state index is 0.237. The van der Waals surface area contributed by atoms with Crippen molar-refractivity contribution in [1.82, 2.24) is 14.8 Å². The molecule has 0 bridgehead atoms. The van der Waals surface area contributed by atoms with Crippen molar-refractivity contribution in [1.29, 1.82) is 0 Å². The summed E-state index contributed by atoms with van der Waals surface area (Å²) >= 11 is 0. The predicted octanol–water partition coefficient (Wildman–Crippen LogP) is 1.12. The van der Waals surface area contributed by atoms with Gasteiger partial charge in [0.15, 0.2) is 0 Å². The maximum absolute atomic E-state index is 13.2. The van der Waals surface area contributed by atoms with Crippen LogP contribution in [-0.4, -0.2) is 58.6 Å². The number of benzene rings is 1. The standard InChI is InChI=1S/C16H18FN3O3/c17-13-3-1-2-12(8-13)16-18-14(11-23-16)9-19-4-6-20(7-5-19)15(22)10-21/h1-3,8,11,21H,4-7,9-10H2. The SMILES string of the molecule is O=C(CO)N1CCN(Cc2coc(-c3cccc(F)c3)n2)CC1. The molecule has 2 aromatic rings. The van der Waals surface area contributed by atoms with Crippen LogP contribution >= 0.6 is 0 Å². The van der Waals surface area contributed by atoms with Crippen molar-refractivity contribution in [3.05, 3.63) is 42.0 Å². The van der Waals surface area contributed by atoms with Gasteiger partial charge in [0.2, 0.25) is 11.8 Å². The molecule has 0 aliphatic carbocycles. The lowest BCUT2D eigenvalue weighted by Gasteiger charge is -2.33. The first-order chi connectivity index (χ1) is 11.2. The summed E-state index contributed by atoms with van der Waals surface area (Å²) in [5, 5.41) is 8.86. The van der Waals surface area contributed by atoms with Crippen molar-refractivity contribution in [2.24, 2.45) is 0 Å². The van der Waals surface area contributed by atoms with Crippen molar-refractivity contribution in [3.63, 3.8) is 0 Å². The smallest absolute Gasteiger partial charge is 0.248 e. The van der Waals surface area contributed by atoms with Gasteiger partial charge in [-0.15, -0.1) is 0 Å². The number of carbonyl (C=O) groups is 1. The molecule has 1 fully saturated rings. The average molecular weight is 319 g/mol. The van der Waals surface area contributed by atoms with E-state index in [0.29, 0.717) is 44.2 Å². The summed E-state index contributed by atoms with van der Waals surface area (Å²) in [6.45, 7) is 2.78. The Morgan fingerprint density at radius 1 is 1.30 bits per heavy atom. The highest BCUT2D eigenvalue weighted by molar-refractivity contribution is 5.77. The summed E-state index contributed by atoms with van der Waals surface area (Å²) in [5.41, 5.74) is 1.38. The van der Waals surface area contributed by atoms with Crippen LogP contribution in [0.2, 0.25) is 0 Å². The number of rotatable bonds is 4. The number of carbonyl (C=O) groups excluding carboxylic acids is 1. The summed E-state index contributed by atoms with van der Waals surface area (Å²) in [4.78, 5) is 19.6. The van der Waals surface area contributed by atoms with Gasteiger partial charge in [-0.25, -0.2) is 9.37 Å². The van der Waals surface area contributed by atoms with Gasteiger partial charge in [-0.2, -0.15) is 0 Å². The number of nitrogens with zero attached hydrogens (tertiary/aromatic N) is 3. The van der Waals surface area contributed by atoms with E-state index in [4.69, 9.17) is 9.52 Å². The van der Waals surface area contributed by atoms with E-state index in [2.05, 4.69) is 9.88 Å². The molecule has 122 valence electrons. The van der Waals surface area contributed by atoms with E-state index in [1.54, 1.807) is 23.3 Å². The van der Waals surface area contributed by atoms with Crippen LogP contribution in [0, 0.1) is 5.82 Å². The Morgan fingerprint density at radius 2 is 2.09 bits per heavy atom. The molecule has 0 spiro atoms. The van der Waals surface area contributed by atoms with Crippen molar-refractivity contribution in [3.8, 4) is 11.5 Å². The van der Waals surface area contributed by atoms with Crippen LogP contribution in [0.25, 0.3) is 11.5 Å². The monoisotopic (exact) mass is 319 g/mol. The van der Waals surface area contributed by atoms with E-state index in [0.717, 1.165) is 5.69 Å². The zero-order valence-electron chi connectivity index (χ0n) is 12.6. The Balaban J connectivity index is 1.59. The Labute approximate surface area is 133 Å². The molecule has 1 aliphatic heterocycles. The van der Waals surface area contributed by atoms with E-state index in [-0.39, 0.29) is 11.7 Å². The lowest BCUT2D eigenvalue weighted by Crippen LogP contribution is -2.49. The molecule has 0 atom stereocenters. The molecule has 1 saturated heterocycles.